The minimum atomic E-state index is -0.688. The molecule has 7 rings (SSSR count). The summed E-state index contributed by atoms with van der Waals surface area (Å²) in [7, 11) is 0. The van der Waals surface area contributed by atoms with Crippen molar-refractivity contribution in [3.05, 3.63) is 66.1 Å². The van der Waals surface area contributed by atoms with E-state index >= 15 is 0 Å². The maximum atomic E-state index is 13.6. The van der Waals surface area contributed by atoms with E-state index in [1.165, 1.54) is 25.5 Å². The first-order valence-corrected chi connectivity index (χ1v) is 15.0. The third-order valence-corrected chi connectivity index (χ3v) is 9.64. The van der Waals surface area contributed by atoms with Gasteiger partial charge in [-0.15, -0.1) is 0 Å². The fourth-order valence-corrected chi connectivity index (χ4v) is 7.64. The molecule has 4 heterocycles. The van der Waals surface area contributed by atoms with E-state index in [4.69, 9.17) is 0 Å². The van der Waals surface area contributed by atoms with Crippen LogP contribution in [-0.2, 0) is 0 Å². The average Bonchev–Trinajstić information content (AvgIpc) is 2.91. The predicted octanol–water partition coefficient (Wildman–Crippen LogP) is 4.82. The molecule has 3 aromatic rings. The Bertz CT molecular complexity index is 1460. The number of hydrogen-bond donors (Lipinski definition) is 2. The molecule has 2 saturated heterocycles. The molecule has 2 saturated carbocycles. The summed E-state index contributed by atoms with van der Waals surface area (Å²) < 4.78 is 3.07. The summed E-state index contributed by atoms with van der Waals surface area (Å²) in [5.74, 6) is 2.30. The lowest BCUT2D eigenvalue weighted by Crippen LogP contribution is -2.50. The second-order valence-corrected chi connectivity index (χ2v) is 12.5. The Kier molecular flexibility index (Phi) is 7.40. The second kappa shape index (κ2) is 10.9. The maximum Gasteiger partial charge on any atom is 0.334 e. The topological polar surface area (TPSA) is 102 Å². The summed E-state index contributed by atoms with van der Waals surface area (Å²) in [4.78, 5) is 44.4. The Morgan fingerprint density at radius 2 is 1.47 bits per heavy atom. The SMILES string of the molecule is C1CC2CCCC(C1)C2.O=c1[nH]c(=O)n(-c2nc3ccccc3n(C3C[C@H]4CCC[C@@H](C3)N4)c2=O)cc1Br. The number of benzene rings is 1. The normalized spacial score (nSPS) is 28.4. The lowest BCUT2D eigenvalue weighted by molar-refractivity contribution is 0.188. The summed E-state index contributed by atoms with van der Waals surface area (Å²) in [6.45, 7) is 0. The van der Waals surface area contributed by atoms with Crippen LogP contribution in [0.25, 0.3) is 16.9 Å². The number of halogens is 1. The van der Waals surface area contributed by atoms with Gasteiger partial charge in [0.25, 0.3) is 11.1 Å². The monoisotopic (exact) mass is 581 g/mol. The molecule has 4 fully saturated rings. The molecule has 0 spiro atoms. The van der Waals surface area contributed by atoms with Crippen molar-refractivity contribution < 1.29 is 0 Å². The summed E-state index contributed by atoms with van der Waals surface area (Å²) in [5, 5.41) is 3.66. The summed E-state index contributed by atoms with van der Waals surface area (Å²) in [5.41, 5.74) is -0.150. The predicted molar refractivity (Wildman–Crippen MR) is 152 cm³/mol. The zero-order valence-electron chi connectivity index (χ0n) is 21.7. The molecule has 38 heavy (non-hydrogen) atoms. The van der Waals surface area contributed by atoms with Crippen molar-refractivity contribution in [3.8, 4) is 5.82 Å². The Morgan fingerprint density at radius 1 is 0.842 bits per heavy atom. The van der Waals surface area contributed by atoms with Gasteiger partial charge in [0.2, 0.25) is 5.82 Å². The highest BCUT2D eigenvalue weighted by atomic mass is 79.9. The van der Waals surface area contributed by atoms with E-state index in [0.29, 0.717) is 17.6 Å². The molecule has 1 aromatic carbocycles. The van der Waals surface area contributed by atoms with Crippen LogP contribution >= 0.6 is 15.9 Å². The molecule has 4 bridgehead atoms. The van der Waals surface area contributed by atoms with Gasteiger partial charge in [0.15, 0.2) is 0 Å². The van der Waals surface area contributed by atoms with Gasteiger partial charge in [-0.25, -0.2) is 14.3 Å². The first-order chi connectivity index (χ1) is 18.5. The van der Waals surface area contributed by atoms with Gasteiger partial charge >= 0.3 is 5.69 Å². The van der Waals surface area contributed by atoms with Crippen LogP contribution in [0.15, 0.2) is 49.3 Å². The van der Waals surface area contributed by atoms with Gasteiger partial charge in [-0.2, -0.15) is 0 Å². The fraction of sp³-hybridized carbons (Fsp3) is 0.586. The smallest absolute Gasteiger partial charge is 0.311 e. The number of fused-ring (bicyclic) bond motifs is 5. The molecule has 9 heteroatoms. The van der Waals surface area contributed by atoms with Gasteiger partial charge in [-0.1, -0.05) is 57.1 Å². The molecule has 3 atom stereocenters. The van der Waals surface area contributed by atoms with Gasteiger partial charge in [-0.05, 0) is 72.0 Å². The Hall–Kier alpha value is -2.52. The largest absolute Gasteiger partial charge is 0.334 e. The standard InChI is InChI=1S/C20H20BrN5O3.C9H16/c21-14-10-25(20(29)24-18(14)27)17-19(28)26(16-7-2-1-6-15(16)23-17)13-8-11-4-3-5-12(9-13)22-11;1-3-8-5-2-6-9(4-1)7-8/h1-2,6-7,10-13,22H,3-5,8-9H2,(H,24,27,29);8-9H,1-7H2/t11-,12+,13?;. The molecule has 2 aromatic heterocycles. The Morgan fingerprint density at radius 3 is 2.13 bits per heavy atom. The van der Waals surface area contributed by atoms with E-state index in [0.717, 1.165) is 47.6 Å². The second-order valence-electron chi connectivity index (χ2n) is 11.7. The van der Waals surface area contributed by atoms with Crippen molar-refractivity contribution in [2.24, 2.45) is 11.8 Å². The van der Waals surface area contributed by atoms with Crippen molar-refractivity contribution in [2.45, 2.75) is 95.2 Å². The fourth-order valence-electron chi connectivity index (χ4n) is 7.33. The molecular weight excluding hydrogens is 546 g/mol. The first-order valence-electron chi connectivity index (χ1n) is 14.3. The molecule has 4 aliphatic rings. The number of para-hydroxylation sites is 2. The van der Waals surface area contributed by atoms with Gasteiger partial charge in [-0.3, -0.25) is 14.6 Å². The highest BCUT2D eigenvalue weighted by Gasteiger charge is 2.33. The molecule has 2 aliphatic carbocycles. The minimum Gasteiger partial charge on any atom is -0.311 e. The molecule has 202 valence electrons. The van der Waals surface area contributed by atoms with Gasteiger partial charge < -0.3 is 9.88 Å². The Labute approximate surface area is 230 Å². The van der Waals surface area contributed by atoms with E-state index in [-0.39, 0.29) is 21.9 Å². The quantitative estimate of drug-likeness (QED) is 0.451. The van der Waals surface area contributed by atoms with E-state index in [2.05, 4.69) is 31.2 Å². The number of nitrogens with zero attached hydrogens (tertiary/aromatic N) is 3. The van der Waals surface area contributed by atoms with Crippen molar-refractivity contribution >= 4 is 27.0 Å². The molecular formula is C29H36BrN5O3. The highest BCUT2D eigenvalue weighted by Crippen LogP contribution is 2.39. The summed E-state index contributed by atoms with van der Waals surface area (Å²) in [6.07, 6.45) is 17.4. The zero-order valence-corrected chi connectivity index (χ0v) is 23.3. The summed E-state index contributed by atoms with van der Waals surface area (Å²) >= 11 is 3.13. The number of rotatable bonds is 2. The van der Waals surface area contributed by atoms with Crippen LogP contribution in [0, 0.1) is 11.8 Å². The number of nitrogens with one attached hydrogen (secondary N) is 2. The molecule has 2 N–H and O–H groups in total. The molecule has 1 unspecified atom stereocenters. The number of hydrogen-bond acceptors (Lipinski definition) is 5. The third-order valence-electron chi connectivity index (χ3n) is 9.08. The van der Waals surface area contributed by atoms with Crippen LogP contribution in [-0.4, -0.2) is 31.2 Å². The highest BCUT2D eigenvalue weighted by molar-refractivity contribution is 9.10. The van der Waals surface area contributed by atoms with Gasteiger partial charge in [0.1, 0.15) is 0 Å². The van der Waals surface area contributed by atoms with Gasteiger partial charge in [0.05, 0.1) is 15.5 Å². The van der Waals surface area contributed by atoms with Crippen molar-refractivity contribution in [3.63, 3.8) is 0 Å². The van der Waals surface area contributed by atoms with Gasteiger partial charge in [0, 0.05) is 24.3 Å². The Balaban J connectivity index is 0.000000246. The van der Waals surface area contributed by atoms with Crippen LogP contribution in [0.5, 0.6) is 0 Å². The van der Waals surface area contributed by atoms with E-state index in [1.54, 1.807) is 36.7 Å². The first kappa shape index (κ1) is 25.7. The van der Waals surface area contributed by atoms with E-state index < -0.39 is 11.2 Å². The van der Waals surface area contributed by atoms with Crippen LogP contribution in [0.4, 0.5) is 0 Å². The lowest BCUT2D eigenvalue weighted by Gasteiger charge is -2.41. The number of aromatic nitrogens is 4. The minimum absolute atomic E-state index is 0.00524. The van der Waals surface area contributed by atoms with E-state index in [1.807, 2.05) is 24.3 Å². The van der Waals surface area contributed by atoms with Crippen molar-refractivity contribution in [1.82, 2.24) is 24.4 Å². The maximum absolute atomic E-state index is 13.6. The number of H-pyrrole nitrogens is 1. The average molecular weight is 583 g/mol. The van der Waals surface area contributed by atoms with E-state index in [9.17, 15) is 14.4 Å². The zero-order chi connectivity index (χ0) is 26.2. The number of aromatic amines is 1. The molecule has 0 amide bonds. The summed E-state index contributed by atoms with van der Waals surface area (Å²) in [6, 6.07) is 8.33. The van der Waals surface area contributed by atoms with Crippen molar-refractivity contribution in [1.29, 1.82) is 0 Å². The van der Waals surface area contributed by atoms with Crippen molar-refractivity contribution in [2.75, 3.05) is 0 Å². The van der Waals surface area contributed by atoms with Crippen LogP contribution < -0.4 is 22.1 Å². The lowest BCUT2D eigenvalue weighted by atomic mass is 9.72. The number of piperidine rings is 2. The van der Waals surface area contributed by atoms with Crippen LogP contribution in [0.1, 0.15) is 83.1 Å². The molecule has 8 nitrogen and oxygen atoms in total. The third kappa shape index (κ3) is 5.19. The molecule has 2 aliphatic heterocycles. The molecule has 0 radical (unpaired) electrons. The van der Waals surface area contributed by atoms with Crippen LogP contribution in [0.3, 0.4) is 0 Å². The van der Waals surface area contributed by atoms with Crippen LogP contribution in [0.2, 0.25) is 0 Å².